The summed E-state index contributed by atoms with van der Waals surface area (Å²) >= 11 is 1.62. The van der Waals surface area contributed by atoms with Crippen molar-refractivity contribution in [3.05, 3.63) is 11.7 Å². The first kappa shape index (κ1) is 17.3. The summed E-state index contributed by atoms with van der Waals surface area (Å²) in [7, 11) is 0. The van der Waals surface area contributed by atoms with Crippen molar-refractivity contribution in [1.29, 1.82) is 0 Å². The minimum atomic E-state index is -0.142. The molecule has 1 atom stereocenters. The van der Waals surface area contributed by atoms with Crippen molar-refractivity contribution in [1.82, 2.24) is 20.4 Å². The summed E-state index contributed by atoms with van der Waals surface area (Å²) in [5.74, 6) is 1.78. The highest BCUT2D eigenvalue weighted by molar-refractivity contribution is 7.97. The molecule has 2 fully saturated rings. The Balaban J connectivity index is 1.51. The molecule has 0 bridgehead atoms. The van der Waals surface area contributed by atoms with Crippen LogP contribution in [0.25, 0.3) is 0 Å². The van der Waals surface area contributed by atoms with E-state index in [2.05, 4.69) is 15.5 Å². The fourth-order valence-electron chi connectivity index (χ4n) is 3.51. The molecule has 7 nitrogen and oxygen atoms in total. The molecule has 0 spiro atoms. The molecule has 3 rings (SSSR count). The summed E-state index contributed by atoms with van der Waals surface area (Å²) in [6.45, 7) is 0.783. The standard InChI is InChI=1S/C16H24N4O3S/c1-24-10-13-18-14(23-19-13)8-17-16(22)11-6-7-15(21)20(9-11)12-4-2-3-5-12/h11-12H,2-10H2,1H3,(H,17,22). The second kappa shape index (κ2) is 8.00. The lowest BCUT2D eigenvalue weighted by Crippen LogP contribution is -2.49. The third kappa shape index (κ3) is 4.09. The highest BCUT2D eigenvalue weighted by atomic mass is 32.2. The van der Waals surface area contributed by atoms with Crippen LogP contribution < -0.4 is 5.32 Å². The lowest BCUT2D eigenvalue weighted by atomic mass is 9.95. The smallest absolute Gasteiger partial charge is 0.246 e. The van der Waals surface area contributed by atoms with Gasteiger partial charge in [-0.3, -0.25) is 9.59 Å². The zero-order valence-electron chi connectivity index (χ0n) is 14.0. The van der Waals surface area contributed by atoms with E-state index >= 15 is 0 Å². The zero-order chi connectivity index (χ0) is 16.9. The Hall–Kier alpha value is -1.57. The lowest BCUT2D eigenvalue weighted by molar-refractivity contribution is -0.140. The van der Waals surface area contributed by atoms with Crippen LogP contribution in [0.1, 0.15) is 50.2 Å². The van der Waals surface area contributed by atoms with Crippen molar-refractivity contribution in [3.8, 4) is 0 Å². The average molecular weight is 352 g/mol. The normalized spacial score (nSPS) is 22.1. The van der Waals surface area contributed by atoms with Crippen LogP contribution in [0.4, 0.5) is 0 Å². The zero-order valence-corrected chi connectivity index (χ0v) is 14.8. The van der Waals surface area contributed by atoms with Crippen LogP contribution >= 0.6 is 11.8 Å². The molecule has 1 unspecified atom stereocenters. The Labute approximate surface area is 145 Å². The van der Waals surface area contributed by atoms with Gasteiger partial charge >= 0.3 is 0 Å². The van der Waals surface area contributed by atoms with Gasteiger partial charge in [0, 0.05) is 19.0 Å². The van der Waals surface area contributed by atoms with Gasteiger partial charge in [-0.25, -0.2) is 0 Å². The minimum absolute atomic E-state index is 0.0323. The second-order valence-electron chi connectivity index (χ2n) is 6.48. The van der Waals surface area contributed by atoms with E-state index in [0.29, 0.717) is 42.9 Å². The Morgan fingerprint density at radius 2 is 2.17 bits per heavy atom. The second-order valence-corrected chi connectivity index (χ2v) is 7.34. The number of carbonyl (C=O) groups is 2. The van der Waals surface area contributed by atoms with Crippen molar-refractivity contribution >= 4 is 23.6 Å². The maximum atomic E-state index is 12.4. The molecule has 2 amide bonds. The van der Waals surface area contributed by atoms with E-state index in [9.17, 15) is 9.59 Å². The number of aromatic nitrogens is 2. The summed E-state index contributed by atoms with van der Waals surface area (Å²) in [5, 5.41) is 6.73. The minimum Gasteiger partial charge on any atom is -0.347 e. The van der Waals surface area contributed by atoms with Crippen LogP contribution in [0.2, 0.25) is 0 Å². The van der Waals surface area contributed by atoms with Gasteiger partial charge in [0.05, 0.1) is 18.2 Å². The molecule has 1 aromatic heterocycles. The van der Waals surface area contributed by atoms with Crippen LogP contribution in [0, 0.1) is 5.92 Å². The number of rotatable bonds is 6. The molecule has 2 aliphatic rings. The van der Waals surface area contributed by atoms with Crippen LogP contribution in [0.3, 0.4) is 0 Å². The van der Waals surface area contributed by atoms with Gasteiger partial charge in [0.15, 0.2) is 5.82 Å². The van der Waals surface area contributed by atoms with Gasteiger partial charge in [-0.1, -0.05) is 18.0 Å². The molecular formula is C16H24N4O3S. The highest BCUT2D eigenvalue weighted by Gasteiger charge is 2.35. The molecule has 0 aromatic carbocycles. The molecule has 1 aliphatic heterocycles. The van der Waals surface area contributed by atoms with E-state index in [1.165, 1.54) is 12.8 Å². The summed E-state index contributed by atoms with van der Waals surface area (Å²) in [6, 6.07) is 0.332. The van der Waals surface area contributed by atoms with Crippen LogP contribution in [-0.2, 0) is 21.9 Å². The van der Waals surface area contributed by atoms with Gasteiger partial charge < -0.3 is 14.7 Å². The van der Waals surface area contributed by atoms with Gasteiger partial charge in [-0.15, -0.1) is 0 Å². The molecule has 1 saturated heterocycles. The first-order valence-electron chi connectivity index (χ1n) is 8.55. The van der Waals surface area contributed by atoms with Gasteiger partial charge in [-0.2, -0.15) is 16.7 Å². The van der Waals surface area contributed by atoms with Crippen LogP contribution in [0.15, 0.2) is 4.52 Å². The first-order chi connectivity index (χ1) is 11.7. The number of hydrogen-bond donors (Lipinski definition) is 1. The van der Waals surface area contributed by atoms with Gasteiger partial charge in [-0.05, 0) is 25.5 Å². The number of likely N-dealkylation sites (tertiary alicyclic amines) is 1. The van der Waals surface area contributed by atoms with E-state index in [1.807, 2.05) is 11.2 Å². The largest absolute Gasteiger partial charge is 0.347 e. The number of nitrogens with zero attached hydrogens (tertiary/aromatic N) is 3. The Kier molecular flexibility index (Phi) is 5.76. The van der Waals surface area contributed by atoms with Crippen molar-refractivity contribution in [2.75, 3.05) is 12.8 Å². The molecule has 24 heavy (non-hydrogen) atoms. The quantitative estimate of drug-likeness (QED) is 0.839. The fourth-order valence-corrected chi connectivity index (χ4v) is 3.89. The molecule has 8 heteroatoms. The number of thioether (sulfide) groups is 1. The van der Waals surface area contributed by atoms with E-state index in [1.54, 1.807) is 11.8 Å². The third-order valence-corrected chi connectivity index (χ3v) is 5.32. The Morgan fingerprint density at radius 1 is 1.38 bits per heavy atom. The SMILES string of the molecule is CSCc1noc(CNC(=O)C2CCC(=O)N(C3CCCC3)C2)n1. The monoisotopic (exact) mass is 352 g/mol. The van der Waals surface area contributed by atoms with E-state index in [4.69, 9.17) is 4.52 Å². The van der Waals surface area contributed by atoms with Crippen LogP contribution in [-0.4, -0.2) is 45.7 Å². The van der Waals surface area contributed by atoms with Crippen molar-refractivity contribution in [2.24, 2.45) is 5.92 Å². The Bertz CT molecular complexity index is 586. The van der Waals surface area contributed by atoms with E-state index in [-0.39, 0.29) is 24.3 Å². The summed E-state index contributed by atoms with van der Waals surface area (Å²) < 4.78 is 5.12. The third-order valence-electron chi connectivity index (χ3n) is 4.78. The molecule has 1 aromatic rings. The number of piperidine rings is 1. The molecular weight excluding hydrogens is 328 g/mol. The molecule has 1 saturated carbocycles. The maximum absolute atomic E-state index is 12.4. The van der Waals surface area contributed by atoms with Gasteiger partial charge in [0.25, 0.3) is 0 Å². The van der Waals surface area contributed by atoms with Crippen LogP contribution in [0.5, 0.6) is 0 Å². The van der Waals surface area contributed by atoms with Gasteiger partial charge in [0.2, 0.25) is 17.7 Å². The van der Waals surface area contributed by atoms with Crippen molar-refractivity contribution < 1.29 is 14.1 Å². The average Bonchev–Trinajstić information content (AvgIpc) is 3.25. The van der Waals surface area contributed by atoms with E-state index < -0.39 is 0 Å². The van der Waals surface area contributed by atoms with Gasteiger partial charge in [0.1, 0.15) is 0 Å². The summed E-state index contributed by atoms with van der Waals surface area (Å²) in [4.78, 5) is 30.7. The predicted octanol–water partition coefficient (Wildman–Crippen LogP) is 1.73. The number of amides is 2. The Morgan fingerprint density at radius 3 is 2.92 bits per heavy atom. The first-order valence-corrected chi connectivity index (χ1v) is 9.94. The number of nitrogens with one attached hydrogen (secondary N) is 1. The molecule has 0 radical (unpaired) electrons. The predicted molar refractivity (Wildman–Crippen MR) is 90.1 cm³/mol. The van der Waals surface area contributed by atoms with Crippen molar-refractivity contribution in [3.63, 3.8) is 0 Å². The molecule has 132 valence electrons. The number of hydrogen-bond acceptors (Lipinski definition) is 6. The van der Waals surface area contributed by atoms with Crippen molar-refractivity contribution in [2.45, 2.75) is 56.9 Å². The fraction of sp³-hybridized carbons (Fsp3) is 0.750. The van der Waals surface area contributed by atoms with E-state index in [0.717, 1.165) is 12.8 Å². The molecule has 1 aliphatic carbocycles. The molecule has 2 heterocycles. The maximum Gasteiger partial charge on any atom is 0.246 e. The number of carbonyl (C=O) groups excluding carboxylic acids is 2. The summed E-state index contributed by atoms with van der Waals surface area (Å²) in [5.41, 5.74) is 0. The summed E-state index contributed by atoms with van der Waals surface area (Å²) in [6.07, 6.45) is 7.56. The highest BCUT2D eigenvalue weighted by Crippen LogP contribution is 2.28. The molecule has 1 N–H and O–H groups in total. The topological polar surface area (TPSA) is 88.3 Å². The lowest BCUT2D eigenvalue weighted by Gasteiger charge is -2.36.